The Hall–Kier alpha value is -0.300. The normalized spacial score (nSPS) is 46.5. The molecule has 4 aliphatic carbocycles. The SMILES string of the molecule is CC(C)CCCC(C)[C@H]1C[C@H](O)[C@H]2[C@@H]3CC=C4CCCC[C@]4(C)[C@H]3CC[C@@]21C. The first-order chi connectivity index (χ1) is 13.3. The van der Waals surface area contributed by atoms with Crippen molar-refractivity contribution in [2.45, 2.75) is 111 Å². The second-order valence-corrected chi connectivity index (χ2v) is 12.1. The maximum absolute atomic E-state index is 11.3. The third kappa shape index (κ3) is 3.32. The van der Waals surface area contributed by atoms with Gasteiger partial charge < -0.3 is 5.11 Å². The van der Waals surface area contributed by atoms with E-state index < -0.39 is 0 Å². The van der Waals surface area contributed by atoms with Crippen molar-refractivity contribution in [2.24, 2.45) is 46.3 Å². The molecular weight excluding hydrogens is 340 g/mol. The van der Waals surface area contributed by atoms with Gasteiger partial charge >= 0.3 is 0 Å². The van der Waals surface area contributed by atoms with Gasteiger partial charge in [-0.15, -0.1) is 0 Å². The molecule has 0 radical (unpaired) electrons. The number of fused-ring (bicyclic) bond motifs is 5. The molecule has 1 unspecified atom stereocenters. The fourth-order valence-electron chi connectivity index (χ4n) is 8.74. The van der Waals surface area contributed by atoms with Crippen LogP contribution in [0.5, 0.6) is 0 Å². The van der Waals surface area contributed by atoms with Crippen LogP contribution in [0.15, 0.2) is 11.6 Å². The van der Waals surface area contributed by atoms with Crippen molar-refractivity contribution in [1.82, 2.24) is 0 Å². The molecule has 28 heavy (non-hydrogen) atoms. The highest BCUT2D eigenvalue weighted by molar-refractivity contribution is 5.25. The average Bonchev–Trinajstić information content (AvgIpc) is 2.92. The molecule has 1 nitrogen and oxygen atoms in total. The maximum atomic E-state index is 11.3. The van der Waals surface area contributed by atoms with E-state index in [-0.39, 0.29) is 6.10 Å². The molecule has 4 rings (SSSR count). The van der Waals surface area contributed by atoms with Gasteiger partial charge in [0.15, 0.2) is 0 Å². The van der Waals surface area contributed by atoms with E-state index in [4.69, 9.17) is 0 Å². The highest BCUT2D eigenvalue weighted by Gasteiger charge is 2.61. The summed E-state index contributed by atoms with van der Waals surface area (Å²) in [7, 11) is 0. The first-order valence-electron chi connectivity index (χ1n) is 12.6. The quantitative estimate of drug-likeness (QED) is 0.488. The molecule has 160 valence electrons. The van der Waals surface area contributed by atoms with Crippen molar-refractivity contribution in [2.75, 3.05) is 0 Å². The minimum absolute atomic E-state index is 0.0579. The monoisotopic (exact) mass is 386 g/mol. The van der Waals surface area contributed by atoms with Crippen molar-refractivity contribution in [3.63, 3.8) is 0 Å². The number of hydrogen-bond acceptors (Lipinski definition) is 1. The number of allylic oxidation sites excluding steroid dienone is 2. The van der Waals surface area contributed by atoms with Gasteiger partial charge in [0.25, 0.3) is 0 Å². The van der Waals surface area contributed by atoms with Crippen molar-refractivity contribution in [3.05, 3.63) is 11.6 Å². The molecule has 3 fully saturated rings. The summed E-state index contributed by atoms with van der Waals surface area (Å²) < 4.78 is 0. The van der Waals surface area contributed by atoms with Crippen molar-refractivity contribution in [1.29, 1.82) is 0 Å². The Bertz CT molecular complexity index is 591. The van der Waals surface area contributed by atoms with E-state index in [0.717, 1.165) is 36.0 Å². The van der Waals surface area contributed by atoms with Crippen LogP contribution in [0.2, 0.25) is 0 Å². The number of rotatable bonds is 5. The van der Waals surface area contributed by atoms with Crippen LogP contribution in [0.25, 0.3) is 0 Å². The maximum Gasteiger partial charge on any atom is 0.0579 e. The van der Waals surface area contributed by atoms with Gasteiger partial charge in [-0.3, -0.25) is 0 Å². The zero-order valence-electron chi connectivity index (χ0n) is 19.3. The second kappa shape index (κ2) is 7.75. The zero-order chi connectivity index (χ0) is 20.1. The summed E-state index contributed by atoms with van der Waals surface area (Å²) in [6.07, 6.45) is 17.3. The summed E-state index contributed by atoms with van der Waals surface area (Å²) in [5.74, 6) is 4.41. The fraction of sp³-hybridized carbons (Fsp3) is 0.926. The van der Waals surface area contributed by atoms with Gasteiger partial charge in [-0.2, -0.15) is 0 Å². The highest BCUT2D eigenvalue weighted by atomic mass is 16.3. The van der Waals surface area contributed by atoms with E-state index in [1.165, 1.54) is 64.2 Å². The van der Waals surface area contributed by atoms with E-state index >= 15 is 0 Å². The van der Waals surface area contributed by atoms with E-state index in [2.05, 4.69) is 40.7 Å². The van der Waals surface area contributed by atoms with Crippen LogP contribution in [0.1, 0.15) is 105 Å². The first kappa shape index (κ1) is 21.0. The lowest BCUT2D eigenvalue weighted by Gasteiger charge is -2.58. The molecule has 0 saturated heterocycles. The molecule has 8 atom stereocenters. The smallest absolute Gasteiger partial charge is 0.0579 e. The molecule has 0 aromatic heterocycles. The van der Waals surface area contributed by atoms with Crippen LogP contribution in [0.3, 0.4) is 0 Å². The Morgan fingerprint density at radius 1 is 1.11 bits per heavy atom. The summed E-state index contributed by atoms with van der Waals surface area (Å²) in [5, 5.41) is 11.3. The predicted octanol–water partition coefficient (Wildman–Crippen LogP) is 7.39. The Kier molecular flexibility index (Phi) is 5.80. The van der Waals surface area contributed by atoms with Crippen LogP contribution in [0.4, 0.5) is 0 Å². The molecule has 0 amide bonds. The largest absolute Gasteiger partial charge is 0.393 e. The topological polar surface area (TPSA) is 20.2 Å². The third-order valence-corrected chi connectivity index (χ3v) is 10.2. The lowest BCUT2D eigenvalue weighted by Crippen LogP contribution is -2.51. The zero-order valence-corrected chi connectivity index (χ0v) is 19.3. The second-order valence-electron chi connectivity index (χ2n) is 12.1. The molecule has 0 aliphatic heterocycles. The number of aliphatic hydroxyl groups excluding tert-OH is 1. The van der Waals surface area contributed by atoms with Crippen molar-refractivity contribution in [3.8, 4) is 0 Å². The van der Waals surface area contributed by atoms with Gasteiger partial charge in [-0.05, 0) is 91.3 Å². The van der Waals surface area contributed by atoms with Gasteiger partial charge in [-0.25, -0.2) is 0 Å². The van der Waals surface area contributed by atoms with Gasteiger partial charge in [0, 0.05) is 0 Å². The number of aliphatic hydroxyl groups is 1. The lowest BCUT2D eigenvalue weighted by atomic mass is 9.47. The molecule has 3 saturated carbocycles. The summed E-state index contributed by atoms with van der Waals surface area (Å²) in [6, 6.07) is 0. The van der Waals surface area contributed by atoms with Gasteiger partial charge in [-0.1, -0.05) is 72.0 Å². The molecule has 0 aromatic carbocycles. The Labute approximate surface area is 174 Å². The van der Waals surface area contributed by atoms with E-state index in [9.17, 15) is 5.11 Å². The third-order valence-electron chi connectivity index (χ3n) is 10.2. The van der Waals surface area contributed by atoms with E-state index in [0.29, 0.717) is 16.7 Å². The van der Waals surface area contributed by atoms with Crippen LogP contribution in [0, 0.1) is 46.3 Å². The average molecular weight is 387 g/mol. The summed E-state index contributed by atoms with van der Waals surface area (Å²) in [4.78, 5) is 0. The molecular formula is C27H46O. The van der Waals surface area contributed by atoms with Gasteiger partial charge in [0.2, 0.25) is 0 Å². The summed E-state index contributed by atoms with van der Waals surface area (Å²) in [5.41, 5.74) is 2.60. The molecule has 1 heteroatoms. The lowest BCUT2D eigenvalue weighted by molar-refractivity contribution is -0.0766. The standard InChI is InChI=1S/C27H46O/c1-18(2)9-8-10-19(3)23-17-24(28)25-21-13-12-20-11-6-7-15-26(20,4)22(21)14-16-27(23,25)5/h12,18-19,21-25,28H,6-11,13-17H2,1-5H3/t19?,21-,22+,23-,24+,25-,26+,27-/m1/s1. The molecule has 0 heterocycles. The molecule has 1 N–H and O–H groups in total. The van der Waals surface area contributed by atoms with Crippen LogP contribution in [-0.4, -0.2) is 11.2 Å². The summed E-state index contributed by atoms with van der Waals surface area (Å²) in [6.45, 7) is 12.4. The summed E-state index contributed by atoms with van der Waals surface area (Å²) >= 11 is 0. The number of hydrogen-bond donors (Lipinski definition) is 1. The Morgan fingerprint density at radius 2 is 1.89 bits per heavy atom. The van der Waals surface area contributed by atoms with Gasteiger partial charge in [0.1, 0.15) is 0 Å². The first-order valence-corrected chi connectivity index (χ1v) is 12.6. The Balaban J connectivity index is 1.54. The molecule has 0 bridgehead atoms. The van der Waals surface area contributed by atoms with E-state index in [1.807, 2.05) is 0 Å². The highest BCUT2D eigenvalue weighted by Crippen LogP contribution is 2.67. The molecule has 0 aromatic rings. The Morgan fingerprint density at radius 3 is 2.64 bits per heavy atom. The van der Waals surface area contributed by atoms with Crippen LogP contribution < -0.4 is 0 Å². The fourth-order valence-corrected chi connectivity index (χ4v) is 8.74. The van der Waals surface area contributed by atoms with Gasteiger partial charge in [0.05, 0.1) is 6.10 Å². The van der Waals surface area contributed by atoms with Crippen molar-refractivity contribution >= 4 is 0 Å². The predicted molar refractivity (Wildman–Crippen MR) is 119 cm³/mol. The molecule has 4 aliphatic rings. The minimum Gasteiger partial charge on any atom is -0.393 e. The van der Waals surface area contributed by atoms with Crippen LogP contribution in [-0.2, 0) is 0 Å². The van der Waals surface area contributed by atoms with Crippen molar-refractivity contribution < 1.29 is 5.11 Å². The minimum atomic E-state index is -0.0579. The van der Waals surface area contributed by atoms with E-state index in [1.54, 1.807) is 5.57 Å². The molecule has 0 spiro atoms. The van der Waals surface area contributed by atoms with Crippen LogP contribution >= 0.6 is 0 Å².